The minimum atomic E-state index is -0.546. The summed E-state index contributed by atoms with van der Waals surface area (Å²) in [6.07, 6.45) is 0. The van der Waals surface area contributed by atoms with Gasteiger partial charge in [-0.1, -0.05) is 0 Å². The van der Waals surface area contributed by atoms with Gasteiger partial charge in [0.05, 0.1) is 24.7 Å². The highest BCUT2D eigenvalue weighted by atomic mass is 16.5. The second kappa shape index (κ2) is 7.63. The quantitative estimate of drug-likeness (QED) is 0.676. The molecule has 5 heteroatoms. The van der Waals surface area contributed by atoms with Crippen molar-refractivity contribution in [1.82, 2.24) is 4.90 Å². The molecule has 1 atom stereocenters. The SMILES string of the molecule is COCCN(C(=O)C(C)(C)CN)C(C)COC. The Hall–Kier alpha value is -0.650. The number of carbonyl (C=O) groups is 1. The van der Waals surface area contributed by atoms with Gasteiger partial charge in [0, 0.05) is 27.3 Å². The van der Waals surface area contributed by atoms with Crippen LogP contribution < -0.4 is 5.73 Å². The lowest BCUT2D eigenvalue weighted by Gasteiger charge is -2.35. The molecule has 1 unspecified atom stereocenters. The fraction of sp³-hybridized carbons (Fsp3) is 0.917. The average molecular weight is 246 g/mol. The van der Waals surface area contributed by atoms with Crippen molar-refractivity contribution in [3.05, 3.63) is 0 Å². The van der Waals surface area contributed by atoms with Gasteiger partial charge in [-0.05, 0) is 20.8 Å². The van der Waals surface area contributed by atoms with Crippen LogP contribution in [0.15, 0.2) is 0 Å². The molecule has 0 aromatic heterocycles. The summed E-state index contributed by atoms with van der Waals surface area (Å²) in [5.41, 5.74) is 5.09. The van der Waals surface area contributed by atoms with E-state index in [1.165, 1.54) is 0 Å². The van der Waals surface area contributed by atoms with Gasteiger partial charge in [0.15, 0.2) is 0 Å². The van der Waals surface area contributed by atoms with Crippen LogP contribution >= 0.6 is 0 Å². The Balaban J connectivity index is 4.72. The summed E-state index contributed by atoms with van der Waals surface area (Å²) in [6.45, 7) is 7.59. The first-order chi connectivity index (χ1) is 7.90. The van der Waals surface area contributed by atoms with Gasteiger partial charge < -0.3 is 20.1 Å². The van der Waals surface area contributed by atoms with Crippen LogP contribution in [0, 0.1) is 5.41 Å². The van der Waals surface area contributed by atoms with Gasteiger partial charge in [0.25, 0.3) is 0 Å². The summed E-state index contributed by atoms with van der Waals surface area (Å²) in [5.74, 6) is 0.0431. The van der Waals surface area contributed by atoms with Crippen LogP contribution in [0.3, 0.4) is 0 Å². The highest BCUT2D eigenvalue weighted by molar-refractivity contribution is 5.82. The van der Waals surface area contributed by atoms with Gasteiger partial charge >= 0.3 is 0 Å². The molecule has 0 aliphatic heterocycles. The van der Waals surface area contributed by atoms with Crippen LogP contribution in [-0.2, 0) is 14.3 Å². The van der Waals surface area contributed by atoms with Crippen LogP contribution in [0.5, 0.6) is 0 Å². The lowest BCUT2D eigenvalue weighted by Crippen LogP contribution is -2.50. The van der Waals surface area contributed by atoms with Crippen molar-refractivity contribution in [2.75, 3.05) is 40.5 Å². The topological polar surface area (TPSA) is 64.8 Å². The summed E-state index contributed by atoms with van der Waals surface area (Å²) in [6, 6.07) is 0.0217. The smallest absolute Gasteiger partial charge is 0.229 e. The monoisotopic (exact) mass is 246 g/mol. The van der Waals surface area contributed by atoms with Gasteiger partial charge in [-0.3, -0.25) is 4.79 Å². The van der Waals surface area contributed by atoms with E-state index in [0.29, 0.717) is 26.3 Å². The predicted octanol–water partition coefficient (Wildman–Crippen LogP) is 0.481. The third-order valence-electron chi connectivity index (χ3n) is 2.83. The lowest BCUT2D eigenvalue weighted by atomic mass is 9.91. The van der Waals surface area contributed by atoms with E-state index >= 15 is 0 Å². The molecule has 17 heavy (non-hydrogen) atoms. The van der Waals surface area contributed by atoms with Gasteiger partial charge in [-0.2, -0.15) is 0 Å². The van der Waals surface area contributed by atoms with Crippen molar-refractivity contribution in [2.45, 2.75) is 26.8 Å². The van der Waals surface area contributed by atoms with E-state index in [2.05, 4.69) is 0 Å². The highest BCUT2D eigenvalue weighted by Gasteiger charge is 2.32. The number of amides is 1. The molecule has 0 spiro atoms. The number of rotatable bonds is 8. The molecular formula is C12H26N2O3. The van der Waals surface area contributed by atoms with Crippen molar-refractivity contribution < 1.29 is 14.3 Å². The Morgan fingerprint density at radius 1 is 1.35 bits per heavy atom. The van der Waals surface area contributed by atoms with Gasteiger partial charge in [0.1, 0.15) is 0 Å². The Morgan fingerprint density at radius 2 is 1.94 bits per heavy atom. The molecule has 0 aromatic carbocycles. The molecule has 0 aliphatic rings. The van der Waals surface area contributed by atoms with Crippen molar-refractivity contribution in [3.8, 4) is 0 Å². The maximum atomic E-state index is 12.4. The maximum Gasteiger partial charge on any atom is 0.229 e. The first-order valence-corrected chi connectivity index (χ1v) is 5.89. The van der Waals surface area contributed by atoms with E-state index < -0.39 is 5.41 Å². The van der Waals surface area contributed by atoms with Crippen LogP contribution in [0.4, 0.5) is 0 Å². The summed E-state index contributed by atoms with van der Waals surface area (Å²) in [5, 5.41) is 0. The van der Waals surface area contributed by atoms with Crippen LogP contribution in [0.2, 0.25) is 0 Å². The molecule has 0 saturated heterocycles. The van der Waals surface area contributed by atoms with Gasteiger partial charge in [0.2, 0.25) is 5.91 Å². The highest BCUT2D eigenvalue weighted by Crippen LogP contribution is 2.18. The number of hydrogen-bond donors (Lipinski definition) is 1. The molecule has 0 aliphatic carbocycles. The third-order valence-corrected chi connectivity index (χ3v) is 2.83. The van der Waals surface area contributed by atoms with Crippen LogP contribution in [-0.4, -0.2) is 57.4 Å². The van der Waals surface area contributed by atoms with Gasteiger partial charge in [-0.15, -0.1) is 0 Å². The molecule has 5 nitrogen and oxygen atoms in total. The van der Waals surface area contributed by atoms with Crippen molar-refractivity contribution >= 4 is 5.91 Å². The maximum absolute atomic E-state index is 12.4. The molecule has 2 N–H and O–H groups in total. The molecule has 0 bridgehead atoms. The molecule has 0 aromatic rings. The molecular weight excluding hydrogens is 220 g/mol. The second-order valence-electron chi connectivity index (χ2n) is 4.88. The zero-order valence-corrected chi connectivity index (χ0v) is 11.7. The largest absolute Gasteiger partial charge is 0.383 e. The minimum absolute atomic E-state index is 0.0217. The molecule has 0 fully saturated rings. The van der Waals surface area contributed by atoms with Crippen LogP contribution in [0.25, 0.3) is 0 Å². The van der Waals surface area contributed by atoms with Crippen molar-refractivity contribution in [2.24, 2.45) is 11.1 Å². The number of carbonyl (C=O) groups excluding carboxylic acids is 1. The molecule has 102 valence electrons. The lowest BCUT2D eigenvalue weighted by molar-refractivity contribution is -0.143. The second-order valence-corrected chi connectivity index (χ2v) is 4.88. The minimum Gasteiger partial charge on any atom is -0.383 e. The summed E-state index contributed by atoms with van der Waals surface area (Å²) in [7, 11) is 3.25. The standard InChI is InChI=1S/C12H26N2O3/c1-10(8-17-5)14(6-7-16-4)11(15)12(2,3)9-13/h10H,6-9,13H2,1-5H3. The number of nitrogens with two attached hydrogens (primary N) is 1. The number of ether oxygens (including phenoxy) is 2. The fourth-order valence-corrected chi connectivity index (χ4v) is 1.52. The Morgan fingerprint density at radius 3 is 2.35 bits per heavy atom. The zero-order chi connectivity index (χ0) is 13.5. The number of methoxy groups -OCH3 is 2. The van der Waals surface area contributed by atoms with E-state index in [1.54, 1.807) is 19.1 Å². The molecule has 1 amide bonds. The third kappa shape index (κ3) is 5.02. The van der Waals surface area contributed by atoms with E-state index in [9.17, 15) is 4.79 Å². The Bertz CT molecular complexity index is 232. The normalized spacial score (nSPS) is 13.5. The molecule has 0 saturated carbocycles. The average Bonchev–Trinajstić information content (AvgIpc) is 2.29. The summed E-state index contributed by atoms with van der Waals surface area (Å²) in [4.78, 5) is 14.1. The first kappa shape index (κ1) is 16.4. The first-order valence-electron chi connectivity index (χ1n) is 5.89. The number of nitrogens with zero attached hydrogens (tertiary/aromatic N) is 1. The Labute approximate surface area is 104 Å². The molecule has 0 radical (unpaired) electrons. The van der Waals surface area contributed by atoms with Gasteiger partial charge in [-0.25, -0.2) is 0 Å². The zero-order valence-electron chi connectivity index (χ0n) is 11.7. The summed E-state index contributed by atoms with van der Waals surface area (Å²) >= 11 is 0. The fourth-order valence-electron chi connectivity index (χ4n) is 1.52. The number of hydrogen-bond acceptors (Lipinski definition) is 4. The van der Waals surface area contributed by atoms with E-state index in [-0.39, 0.29) is 11.9 Å². The molecule has 0 heterocycles. The van der Waals surface area contributed by atoms with Crippen molar-refractivity contribution in [3.63, 3.8) is 0 Å². The predicted molar refractivity (Wildman–Crippen MR) is 67.8 cm³/mol. The van der Waals surface area contributed by atoms with Crippen LogP contribution in [0.1, 0.15) is 20.8 Å². The van der Waals surface area contributed by atoms with Crippen molar-refractivity contribution in [1.29, 1.82) is 0 Å². The Kier molecular flexibility index (Phi) is 7.34. The molecule has 0 rings (SSSR count). The van der Waals surface area contributed by atoms with E-state index in [0.717, 1.165) is 0 Å². The summed E-state index contributed by atoms with van der Waals surface area (Å²) < 4.78 is 10.1. The van der Waals surface area contributed by atoms with E-state index in [4.69, 9.17) is 15.2 Å². The van der Waals surface area contributed by atoms with E-state index in [1.807, 2.05) is 20.8 Å².